The van der Waals surface area contributed by atoms with Gasteiger partial charge in [0, 0.05) is 11.6 Å². The summed E-state index contributed by atoms with van der Waals surface area (Å²) >= 11 is 0. The van der Waals surface area contributed by atoms with Crippen LogP contribution in [0.25, 0.3) is 0 Å². The Labute approximate surface area is 115 Å². The van der Waals surface area contributed by atoms with E-state index in [4.69, 9.17) is 9.47 Å². The fourth-order valence-electron chi connectivity index (χ4n) is 2.32. The zero-order valence-electron chi connectivity index (χ0n) is 10.8. The summed E-state index contributed by atoms with van der Waals surface area (Å²) in [5.41, 5.74) is 1.51. The van der Waals surface area contributed by atoms with E-state index in [2.05, 4.69) is 0 Å². The number of epoxide rings is 1. The minimum Gasteiger partial charge on any atom is -0.508 e. The second kappa shape index (κ2) is 4.61. The van der Waals surface area contributed by atoms with E-state index < -0.39 is 0 Å². The Morgan fingerprint density at radius 2 is 1.65 bits per heavy atom. The van der Waals surface area contributed by atoms with Crippen LogP contribution in [-0.2, 0) is 4.74 Å². The fourth-order valence-corrected chi connectivity index (χ4v) is 2.32. The Hall–Kier alpha value is -2.40. The first kappa shape index (κ1) is 12.6. The van der Waals surface area contributed by atoms with E-state index in [-0.39, 0.29) is 29.5 Å². The summed E-state index contributed by atoms with van der Waals surface area (Å²) in [7, 11) is 1.45. The third kappa shape index (κ3) is 2.12. The van der Waals surface area contributed by atoms with Crippen molar-refractivity contribution in [1.82, 2.24) is 0 Å². The molecule has 3 N–H and O–H groups in total. The van der Waals surface area contributed by atoms with Crippen LogP contribution >= 0.6 is 0 Å². The van der Waals surface area contributed by atoms with Crippen LogP contribution < -0.4 is 4.74 Å². The van der Waals surface area contributed by atoms with Gasteiger partial charge in [-0.25, -0.2) is 0 Å². The van der Waals surface area contributed by atoms with E-state index in [1.54, 1.807) is 24.3 Å². The van der Waals surface area contributed by atoms with Gasteiger partial charge in [0.15, 0.2) is 11.5 Å². The number of hydrogen-bond donors (Lipinski definition) is 3. The fraction of sp³-hybridized carbons (Fsp3) is 0.200. The molecule has 0 saturated carbocycles. The average Bonchev–Trinajstić information content (AvgIpc) is 3.19. The molecule has 1 aliphatic heterocycles. The maximum Gasteiger partial charge on any atom is 0.166 e. The number of methoxy groups -OCH3 is 1. The first-order chi connectivity index (χ1) is 9.60. The zero-order valence-corrected chi connectivity index (χ0v) is 10.8. The molecule has 1 saturated heterocycles. The van der Waals surface area contributed by atoms with Gasteiger partial charge < -0.3 is 24.8 Å². The maximum absolute atomic E-state index is 9.77. The molecule has 1 aliphatic rings. The van der Waals surface area contributed by atoms with Gasteiger partial charge >= 0.3 is 0 Å². The highest BCUT2D eigenvalue weighted by Gasteiger charge is 2.43. The topological polar surface area (TPSA) is 82.5 Å². The normalized spacial score (nSPS) is 20.6. The molecule has 2 unspecified atom stereocenters. The molecule has 0 bridgehead atoms. The molecule has 0 radical (unpaired) electrons. The van der Waals surface area contributed by atoms with Crippen LogP contribution in [0.2, 0.25) is 0 Å². The van der Waals surface area contributed by atoms with E-state index in [1.807, 2.05) is 0 Å². The van der Waals surface area contributed by atoms with Gasteiger partial charge in [-0.1, -0.05) is 12.1 Å². The van der Waals surface area contributed by atoms with Gasteiger partial charge in [-0.15, -0.1) is 0 Å². The largest absolute Gasteiger partial charge is 0.508 e. The van der Waals surface area contributed by atoms with E-state index in [0.717, 1.165) is 5.56 Å². The predicted molar refractivity (Wildman–Crippen MR) is 71.0 cm³/mol. The minimum atomic E-state index is -0.285. The second-order valence-corrected chi connectivity index (χ2v) is 4.66. The van der Waals surface area contributed by atoms with Crippen LogP contribution in [0, 0.1) is 0 Å². The second-order valence-electron chi connectivity index (χ2n) is 4.66. The van der Waals surface area contributed by atoms with Crippen LogP contribution in [0.5, 0.6) is 23.0 Å². The summed E-state index contributed by atoms with van der Waals surface area (Å²) in [4.78, 5) is 0. The number of hydrogen-bond acceptors (Lipinski definition) is 5. The van der Waals surface area contributed by atoms with Crippen molar-refractivity contribution in [3.05, 3.63) is 47.5 Å². The molecule has 2 aromatic rings. The Kier molecular flexibility index (Phi) is 2.91. The van der Waals surface area contributed by atoms with Crippen molar-refractivity contribution in [2.45, 2.75) is 12.2 Å². The lowest BCUT2D eigenvalue weighted by molar-refractivity contribution is 0.346. The van der Waals surface area contributed by atoms with Gasteiger partial charge in [0.2, 0.25) is 0 Å². The van der Waals surface area contributed by atoms with E-state index >= 15 is 0 Å². The number of benzene rings is 2. The van der Waals surface area contributed by atoms with Crippen LogP contribution in [-0.4, -0.2) is 22.4 Å². The molecule has 104 valence electrons. The molecule has 2 aromatic carbocycles. The smallest absolute Gasteiger partial charge is 0.166 e. The molecule has 3 rings (SSSR count). The minimum absolute atomic E-state index is 0.0433. The third-order valence-corrected chi connectivity index (χ3v) is 3.31. The molecule has 2 atom stereocenters. The molecule has 5 heteroatoms. The maximum atomic E-state index is 9.77. The van der Waals surface area contributed by atoms with E-state index in [9.17, 15) is 15.3 Å². The van der Waals surface area contributed by atoms with Gasteiger partial charge in [-0.05, 0) is 23.8 Å². The monoisotopic (exact) mass is 274 g/mol. The lowest BCUT2D eigenvalue weighted by Gasteiger charge is -2.09. The quantitative estimate of drug-likeness (QED) is 0.749. The van der Waals surface area contributed by atoms with Crippen molar-refractivity contribution >= 4 is 0 Å². The van der Waals surface area contributed by atoms with Gasteiger partial charge in [-0.2, -0.15) is 0 Å². The van der Waals surface area contributed by atoms with Crippen LogP contribution in [0.15, 0.2) is 36.4 Å². The molecular weight excluding hydrogens is 260 g/mol. The summed E-state index contributed by atoms with van der Waals surface area (Å²) in [5, 5.41) is 28.6. The molecule has 20 heavy (non-hydrogen) atoms. The SMILES string of the molecule is COc1c(O)cc(O)cc1C1OC1c1ccc(O)cc1. The molecule has 1 heterocycles. The lowest BCUT2D eigenvalue weighted by atomic mass is 10.0. The lowest BCUT2D eigenvalue weighted by Crippen LogP contribution is -1.92. The summed E-state index contributed by atoms with van der Waals surface area (Å²) in [6.45, 7) is 0. The van der Waals surface area contributed by atoms with Crippen LogP contribution in [0.1, 0.15) is 23.3 Å². The van der Waals surface area contributed by atoms with Crippen LogP contribution in [0.3, 0.4) is 0 Å². The van der Waals surface area contributed by atoms with Crippen molar-refractivity contribution in [2.24, 2.45) is 0 Å². The van der Waals surface area contributed by atoms with E-state index in [0.29, 0.717) is 11.3 Å². The Morgan fingerprint density at radius 1 is 0.950 bits per heavy atom. The third-order valence-electron chi connectivity index (χ3n) is 3.31. The summed E-state index contributed by atoms with van der Waals surface area (Å²) in [6, 6.07) is 9.46. The number of ether oxygens (including phenoxy) is 2. The predicted octanol–water partition coefficient (Wildman–Crippen LogP) is 2.62. The Bertz CT molecular complexity index is 635. The Morgan fingerprint density at radius 3 is 2.30 bits per heavy atom. The first-order valence-electron chi connectivity index (χ1n) is 6.14. The molecule has 0 aromatic heterocycles. The van der Waals surface area contributed by atoms with Crippen molar-refractivity contribution in [1.29, 1.82) is 0 Å². The molecule has 5 nitrogen and oxygen atoms in total. The first-order valence-corrected chi connectivity index (χ1v) is 6.14. The Balaban J connectivity index is 1.91. The van der Waals surface area contributed by atoms with Gasteiger partial charge in [0.25, 0.3) is 0 Å². The zero-order chi connectivity index (χ0) is 14.3. The number of phenols is 3. The van der Waals surface area contributed by atoms with E-state index in [1.165, 1.54) is 19.2 Å². The molecule has 0 spiro atoms. The van der Waals surface area contributed by atoms with Gasteiger partial charge in [-0.3, -0.25) is 0 Å². The highest BCUT2D eigenvalue weighted by atomic mass is 16.6. The standard InChI is InChI=1S/C15H14O5/c1-19-14-11(6-10(17)7-12(14)18)15-13(20-15)8-2-4-9(16)5-3-8/h2-7,13,15-18H,1H3. The van der Waals surface area contributed by atoms with Crippen molar-refractivity contribution in [3.8, 4) is 23.0 Å². The summed E-state index contributed by atoms with van der Waals surface area (Å²) < 4.78 is 10.8. The van der Waals surface area contributed by atoms with Gasteiger partial charge in [0.1, 0.15) is 23.7 Å². The van der Waals surface area contributed by atoms with Crippen molar-refractivity contribution < 1.29 is 24.8 Å². The van der Waals surface area contributed by atoms with Gasteiger partial charge in [0.05, 0.1) is 7.11 Å². The molecular formula is C15H14O5. The summed E-state index contributed by atoms with van der Waals surface area (Å²) in [6.07, 6.45) is -0.460. The highest BCUT2D eigenvalue weighted by Crippen LogP contribution is 2.55. The average molecular weight is 274 g/mol. The molecule has 0 amide bonds. The molecule has 0 aliphatic carbocycles. The van der Waals surface area contributed by atoms with Crippen LogP contribution in [0.4, 0.5) is 0 Å². The highest BCUT2D eigenvalue weighted by molar-refractivity contribution is 5.53. The molecule has 1 fully saturated rings. The number of aromatic hydroxyl groups is 3. The number of rotatable bonds is 3. The number of phenolic OH excluding ortho intramolecular Hbond substituents is 3. The van der Waals surface area contributed by atoms with Crippen molar-refractivity contribution in [2.75, 3.05) is 7.11 Å². The van der Waals surface area contributed by atoms with Crippen molar-refractivity contribution in [3.63, 3.8) is 0 Å². The summed E-state index contributed by atoms with van der Waals surface area (Å²) in [5.74, 6) is 0.327.